The number of nitrogens with zero attached hydrogens (tertiary/aromatic N) is 2. The van der Waals surface area contributed by atoms with E-state index in [1.807, 2.05) is 24.3 Å². The maximum absolute atomic E-state index is 11.8. The summed E-state index contributed by atoms with van der Waals surface area (Å²) in [6.45, 7) is 2.49. The first kappa shape index (κ1) is 28.6. The Labute approximate surface area is 218 Å². The molecule has 201 valence electrons. The van der Waals surface area contributed by atoms with Gasteiger partial charge in [-0.05, 0) is 74.0 Å². The fourth-order valence-electron chi connectivity index (χ4n) is 4.23. The Hall–Kier alpha value is -2.98. The quantitative estimate of drug-likeness (QED) is 0.189. The van der Waals surface area contributed by atoms with Gasteiger partial charge in [-0.2, -0.15) is 5.32 Å². The minimum absolute atomic E-state index is 0.0175. The lowest BCUT2D eigenvalue weighted by molar-refractivity contribution is -0.117. The second-order valence-electron chi connectivity index (χ2n) is 9.29. The van der Waals surface area contributed by atoms with Crippen molar-refractivity contribution in [1.29, 1.82) is 0 Å². The van der Waals surface area contributed by atoms with Gasteiger partial charge >= 0.3 is 6.03 Å². The van der Waals surface area contributed by atoms with Crippen molar-refractivity contribution < 1.29 is 29.6 Å². The fraction of sp³-hybridized carbons (Fsp3) is 0.500. The molecule has 2 aromatic rings. The number of aliphatic hydroxyl groups excluding tert-OH is 2. The molecule has 1 saturated heterocycles. The molecule has 1 heterocycles. The summed E-state index contributed by atoms with van der Waals surface area (Å²) in [5.74, 6) is -0.365. The maximum atomic E-state index is 11.8. The topological polar surface area (TPSA) is 133 Å². The van der Waals surface area contributed by atoms with Crippen molar-refractivity contribution in [2.24, 2.45) is 0 Å². The number of unbranched alkanes of at least 4 members (excludes halogenated alkanes) is 4. The van der Waals surface area contributed by atoms with Gasteiger partial charge in [-0.25, -0.2) is 4.79 Å². The standard InChI is InChI=1S/C28H38N3O6/c32-20-23-17-22(11-12-25(23)33)26(34)18-29-13-4-1-2-5-14-37-15-6-3-8-21-9-7-10-24(16-21)31-19-27(35)30-28(31)36/h7,9-12,16-17,26,29,32-34H,1-6,8,13-15,18-20H2/t26-/m1/s1. The minimum atomic E-state index is -0.681. The number of aliphatic hydroxyl groups is 2. The number of ether oxygens (including phenoxy) is 1. The van der Waals surface area contributed by atoms with E-state index in [1.165, 1.54) is 11.0 Å². The van der Waals surface area contributed by atoms with Crippen molar-refractivity contribution in [2.75, 3.05) is 37.7 Å². The molecule has 1 atom stereocenters. The third-order valence-electron chi connectivity index (χ3n) is 6.36. The van der Waals surface area contributed by atoms with Gasteiger partial charge in [-0.15, -0.1) is 0 Å². The summed E-state index contributed by atoms with van der Waals surface area (Å²) in [6.07, 6.45) is 6.40. The van der Waals surface area contributed by atoms with Crippen molar-refractivity contribution in [2.45, 2.75) is 57.7 Å². The zero-order valence-electron chi connectivity index (χ0n) is 21.3. The van der Waals surface area contributed by atoms with Crippen molar-refractivity contribution in [3.05, 3.63) is 59.2 Å². The van der Waals surface area contributed by atoms with Gasteiger partial charge in [0.05, 0.1) is 12.7 Å². The summed E-state index contributed by atoms with van der Waals surface area (Å²) >= 11 is 0. The van der Waals surface area contributed by atoms with Crippen LogP contribution in [0.3, 0.4) is 0 Å². The number of benzene rings is 2. The third kappa shape index (κ3) is 9.44. The van der Waals surface area contributed by atoms with Gasteiger partial charge in [0, 0.05) is 31.0 Å². The fourth-order valence-corrected chi connectivity index (χ4v) is 4.23. The molecule has 9 heteroatoms. The first-order valence-electron chi connectivity index (χ1n) is 13.0. The molecular formula is C28H38N3O6. The highest BCUT2D eigenvalue weighted by molar-refractivity contribution is 6.11. The summed E-state index contributed by atoms with van der Waals surface area (Å²) < 4.78 is 5.75. The van der Waals surface area contributed by atoms with Crippen LogP contribution in [-0.2, 0) is 22.6 Å². The number of hydrogen-bond donors (Lipinski definition) is 4. The second-order valence-corrected chi connectivity index (χ2v) is 9.29. The lowest BCUT2D eigenvalue weighted by atomic mass is 10.1. The summed E-state index contributed by atoms with van der Waals surface area (Å²) in [4.78, 5) is 24.5. The number of carbonyl (C=O) groups is 2. The zero-order valence-corrected chi connectivity index (χ0v) is 21.3. The highest BCUT2D eigenvalue weighted by Crippen LogP contribution is 2.22. The normalized spacial score (nSPS) is 14.3. The molecule has 0 aliphatic carbocycles. The van der Waals surface area contributed by atoms with E-state index in [0.717, 1.165) is 70.3 Å². The van der Waals surface area contributed by atoms with Gasteiger partial charge in [0.15, 0.2) is 0 Å². The predicted octanol–water partition coefficient (Wildman–Crippen LogP) is 3.18. The van der Waals surface area contributed by atoms with Crippen LogP contribution in [0.15, 0.2) is 42.5 Å². The lowest BCUT2D eigenvalue weighted by Crippen LogP contribution is -2.25. The van der Waals surface area contributed by atoms with Gasteiger partial charge < -0.3 is 25.4 Å². The summed E-state index contributed by atoms with van der Waals surface area (Å²) in [6, 6.07) is 12.0. The monoisotopic (exact) mass is 512 g/mol. The van der Waals surface area contributed by atoms with Crippen LogP contribution in [-0.4, -0.2) is 60.1 Å². The van der Waals surface area contributed by atoms with Crippen molar-refractivity contribution >= 4 is 17.6 Å². The van der Waals surface area contributed by atoms with Crippen LogP contribution in [0.2, 0.25) is 0 Å². The number of hydrogen-bond acceptors (Lipinski definition) is 7. The Morgan fingerprint density at radius 1 is 1.00 bits per heavy atom. The Kier molecular flexibility index (Phi) is 11.8. The van der Waals surface area contributed by atoms with E-state index in [2.05, 4.69) is 10.6 Å². The van der Waals surface area contributed by atoms with Crippen LogP contribution in [0.4, 0.5) is 10.5 Å². The van der Waals surface area contributed by atoms with Crippen molar-refractivity contribution in [3.8, 4) is 5.75 Å². The minimum Gasteiger partial charge on any atom is -0.508 e. The van der Waals surface area contributed by atoms with Crippen LogP contribution in [0.25, 0.3) is 0 Å². The smallest absolute Gasteiger partial charge is 0.351 e. The summed E-state index contributed by atoms with van der Waals surface area (Å²) in [5.41, 5.74) is 2.93. The summed E-state index contributed by atoms with van der Waals surface area (Å²) in [5, 5.41) is 35.8. The van der Waals surface area contributed by atoms with E-state index in [4.69, 9.17) is 4.74 Å². The van der Waals surface area contributed by atoms with Crippen molar-refractivity contribution in [1.82, 2.24) is 10.6 Å². The molecule has 0 unspecified atom stereocenters. The molecule has 3 rings (SSSR count). The van der Waals surface area contributed by atoms with E-state index >= 15 is 0 Å². The first-order valence-corrected chi connectivity index (χ1v) is 13.0. The molecule has 0 aromatic heterocycles. The van der Waals surface area contributed by atoms with Crippen LogP contribution in [0.1, 0.15) is 61.3 Å². The van der Waals surface area contributed by atoms with E-state index in [9.17, 15) is 24.9 Å². The largest absolute Gasteiger partial charge is 0.508 e. The third-order valence-corrected chi connectivity index (χ3v) is 6.36. The van der Waals surface area contributed by atoms with Gasteiger partial charge in [-0.3, -0.25) is 9.69 Å². The number of urea groups is 1. The average molecular weight is 513 g/mol. The number of aromatic hydroxyl groups is 1. The van der Waals surface area contributed by atoms with Crippen LogP contribution in [0, 0.1) is 0 Å². The van der Waals surface area contributed by atoms with Gasteiger partial charge in [0.2, 0.25) is 0 Å². The zero-order chi connectivity index (χ0) is 26.5. The Bertz CT molecular complexity index is 1020. The number of anilines is 1. The summed E-state index contributed by atoms with van der Waals surface area (Å²) in [7, 11) is 0. The van der Waals surface area contributed by atoms with E-state index < -0.39 is 18.0 Å². The highest BCUT2D eigenvalue weighted by atomic mass is 16.5. The first-order chi connectivity index (χ1) is 18.0. The van der Waals surface area contributed by atoms with Crippen LogP contribution < -0.4 is 15.5 Å². The SMILES string of the molecule is O=C1CN(c2cccc(CCCCOCCCCCCNC[C@@H](O)c3ccc(O)c(CO)c3)c2)C(=O)[N]1. The van der Waals surface area contributed by atoms with E-state index in [1.54, 1.807) is 12.1 Å². The second kappa shape index (κ2) is 15.3. The molecular weight excluding hydrogens is 474 g/mol. The van der Waals surface area contributed by atoms with E-state index in [0.29, 0.717) is 23.4 Å². The lowest BCUT2D eigenvalue weighted by Gasteiger charge is -2.14. The van der Waals surface area contributed by atoms with E-state index in [-0.39, 0.29) is 18.9 Å². The molecule has 1 aliphatic rings. The van der Waals surface area contributed by atoms with Gasteiger partial charge in [-0.1, -0.05) is 31.0 Å². The van der Waals surface area contributed by atoms with Crippen LogP contribution in [0.5, 0.6) is 5.75 Å². The molecule has 9 nitrogen and oxygen atoms in total. The number of phenols is 1. The molecule has 1 aliphatic heterocycles. The molecule has 37 heavy (non-hydrogen) atoms. The molecule has 1 fully saturated rings. The number of rotatable bonds is 17. The molecule has 0 spiro atoms. The number of aryl methyl sites for hydroxylation is 1. The van der Waals surface area contributed by atoms with Gasteiger partial charge in [0.1, 0.15) is 12.3 Å². The molecule has 0 bridgehead atoms. The number of amides is 3. The predicted molar refractivity (Wildman–Crippen MR) is 140 cm³/mol. The molecule has 1 radical (unpaired) electrons. The molecule has 3 amide bonds. The Morgan fingerprint density at radius 3 is 2.54 bits per heavy atom. The van der Waals surface area contributed by atoms with Crippen molar-refractivity contribution in [3.63, 3.8) is 0 Å². The Balaban J connectivity index is 1.15. The number of imide groups is 1. The molecule has 2 aromatic carbocycles. The van der Waals surface area contributed by atoms with Crippen LogP contribution >= 0.6 is 0 Å². The molecule has 0 saturated carbocycles. The van der Waals surface area contributed by atoms with Gasteiger partial charge in [0.25, 0.3) is 5.91 Å². The highest BCUT2D eigenvalue weighted by Gasteiger charge is 2.30. The molecule has 4 N–H and O–H groups in total. The average Bonchev–Trinajstić information content (AvgIpc) is 3.24. The number of nitrogens with one attached hydrogen (secondary N) is 1. The Morgan fingerprint density at radius 2 is 1.78 bits per heavy atom. The maximum Gasteiger partial charge on any atom is 0.351 e. The number of carbonyl (C=O) groups excluding carboxylic acids is 2.